The number of oxime groups is 1. The number of rotatable bonds is 16. The van der Waals surface area contributed by atoms with Gasteiger partial charge in [-0.15, -0.1) is 11.3 Å². The number of anilines is 1. The van der Waals surface area contributed by atoms with Gasteiger partial charge in [-0.2, -0.15) is 0 Å². The van der Waals surface area contributed by atoms with Gasteiger partial charge in [-0.05, 0) is 61.4 Å². The second-order valence-corrected chi connectivity index (χ2v) is 22.4. The fourth-order valence-electron chi connectivity index (χ4n) is 4.33. The van der Waals surface area contributed by atoms with Crippen LogP contribution in [0.2, 0.25) is 25.7 Å². The Morgan fingerprint density at radius 2 is 1.73 bits per heavy atom. The molecule has 0 aromatic carbocycles. The van der Waals surface area contributed by atoms with Gasteiger partial charge in [-0.25, -0.2) is 19.4 Å². The van der Waals surface area contributed by atoms with Gasteiger partial charge in [0.15, 0.2) is 10.8 Å². The van der Waals surface area contributed by atoms with E-state index in [-0.39, 0.29) is 43.0 Å². The van der Waals surface area contributed by atoms with E-state index in [1.54, 1.807) is 41.5 Å². The average Bonchev–Trinajstić information content (AvgIpc) is 3.56. The summed E-state index contributed by atoms with van der Waals surface area (Å²) in [6.45, 7) is 20.9. The highest BCUT2D eigenvalue weighted by Crippen LogP contribution is 2.22. The molecule has 2 aliphatic heterocycles. The zero-order valence-electron chi connectivity index (χ0n) is 31.3. The van der Waals surface area contributed by atoms with Gasteiger partial charge in [0.05, 0.1) is 19.2 Å². The minimum Gasteiger partial charge on any atom is -0.457 e. The van der Waals surface area contributed by atoms with Crippen molar-refractivity contribution in [2.75, 3.05) is 38.4 Å². The molecule has 0 bridgehead atoms. The molecule has 3 atom stereocenters. The molecule has 3 rings (SSSR count). The highest BCUT2D eigenvalue weighted by Gasteiger charge is 2.45. The Morgan fingerprint density at radius 3 is 2.33 bits per heavy atom. The average molecular weight is 757 g/mol. The minimum absolute atomic E-state index is 0.0183. The molecule has 0 radical (unpaired) electrons. The smallest absolute Gasteiger partial charge is 0.413 e. The number of β-lactam (4-membered cyclic amide) rings is 1. The predicted octanol–water partition coefficient (Wildman–Crippen LogP) is 3.46. The Morgan fingerprint density at radius 1 is 1.06 bits per heavy atom. The molecule has 286 valence electrons. The summed E-state index contributed by atoms with van der Waals surface area (Å²) in [7, 11) is -1.22. The summed E-state index contributed by atoms with van der Waals surface area (Å²) in [4.78, 5) is 75.2. The lowest BCUT2D eigenvalue weighted by Crippen LogP contribution is -2.72. The van der Waals surface area contributed by atoms with Crippen molar-refractivity contribution in [2.45, 2.75) is 116 Å². The van der Waals surface area contributed by atoms with E-state index >= 15 is 0 Å². The third-order valence-corrected chi connectivity index (χ3v) is 9.42. The number of cyclic esters (lactones) is 1. The van der Waals surface area contributed by atoms with Crippen molar-refractivity contribution in [1.29, 1.82) is 0 Å². The quantitative estimate of drug-likeness (QED) is 0.0324. The second kappa shape index (κ2) is 16.7. The molecule has 4 amide bonds. The lowest BCUT2D eigenvalue weighted by molar-refractivity contribution is -0.179. The van der Waals surface area contributed by atoms with E-state index in [9.17, 15) is 24.0 Å². The molecule has 0 saturated carbocycles. The van der Waals surface area contributed by atoms with Crippen molar-refractivity contribution >= 4 is 60.2 Å². The van der Waals surface area contributed by atoms with Crippen LogP contribution >= 0.6 is 11.3 Å². The van der Waals surface area contributed by atoms with Crippen LogP contribution in [-0.2, 0) is 42.9 Å². The molecule has 0 spiro atoms. The molecule has 1 aromatic rings. The van der Waals surface area contributed by atoms with Crippen molar-refractivity contribution < 1.29 is 52.5 Å². The number of ether oxygens (including phenoxy) is 5. The normalized spacial score (nSPS) is 19.9. The van der Waals surface area contributed by atoms with Gasteiger partial charge in [-0.3, -0.25) is 14.9 Å². The van der Waals surface area contributed by atoms with Crippen molar-refractivity contribution in [2.24, 2.45) is 5.16 Å². The standard InChI is InChI=1S/C32H52N6O11SSi/c1-30(2,3)47-26(41)32(7,8)49-37-23(21-17-50-27(34-21)36-28(42)48-31(4,5)6)25(40)35-22-20(33-24(22)39)15-38-14-19(46-29(38)43)16-45-18-44-12-13-51(9,10)11/h17,19-20,22H,12-16,18H2,1-11H3,(H,33,39)(H,35,40)(H,34,36,42)/b37-23+/t19-,20+,22-/m0/s1. The number of nitrogens with one attached hydrogen (secondary N) is 3. The van der Waals surface area contributed by atoms with Gasteiger partial charge in [0, 0.05) is 26.6 Å². The molecular formula is C32H52N6O11SSi. The van der Waals surface area contributed by atoms with E-state index in [4.69, 9.17) is 28.5 Å². The van der Waals surface area contributed by atoms with Crippen LogP contribution < -0.4 is 16.0 Å². The number of carbonyl (C=O) groups excluding carboxylic acids is 5. The van der Waals surface area contributed by atoms with E-state index in [1.807, 2.05) is 0 Å². The van der Waals surface area contributed by atoms with Gasteiger partial charge in [0.1, 0.15) is 35.8 Å². The van der Waals surface area contributed by atoms with Gasteiger partial charge < -0.3 is 44.1 Å². The summed E-state index contributed by atoms with van der Waals surface area (Å²) < 4.78 is 27.2. The van der Waals surface area contributed by atoms with Crippen LogP contribution in [-0.4, -0.2) is 122 Å². The lowest BCUT2D eigenvalue weighted by atomic mass is 9.98. The van der Waals surface area contributed by atoms with Crippen LogP contribution in [0.4, 0.5) is 14.7 Å². The number of thiazole rings is 1. The van der Waals surface area contributed by atoms with Crippen molar-refractivity contribution in [3.63, 3.8) is 0 Å². The first-order valence-corrected chi connectivity index (χ1v) is 21.2. The Balaban J connectivity index is 1.68. The van der Waals surface area contributed by atoms with E-state index in [1.165, 1.54) is 24.1 Å². The Bertz CT molecular complexity index is 1460. The van der Waals surface area contributed by atoms with E-state index in [0.717, 1.165) is 17.4 Å². The highest BCUT2D eigenvalue weighted by atomic mass is 32.1. The summed E-state index contributed by atoms with van der Waals surface area (Å²) in [6, 6.07) is -0.699. The maximum atomic E-state index is 13.7. The van der Waals surface area contributed by atoms with Gasteiger partial charge in [0.2, 0.25) is 11.5 Å². The van der Waals surface area contributed by atoms with Crippen LogP contribution in [0.25, 0.3) is 0 Å². The zero-order valence-corrected chi connectivity index (χ0v) is 33.1. The van der Waals surface area contributed by atoms with Crippen molar-refractivity contribution in [3.8, 4) is 0 Å². The molecule has 19 heteroatoms. The number of aromatic nitrogens is 1. The van der Waals surface area contributed by atoms with Gasteiger partial charge in [0.25, 0.3) is 5.91 Å². The van der Waals surface area contributed by atoms with Crippen LogP contribution in [0.1, 0.15) is 61.1 Å². The van der Waals surface area contributed by atoms with E-state index in [2.05, 4.69) is 45.7 Å². The Labute approximate surface area is 303 Å². The molecule has 17 nitrogen and oxygen atoms in total. The van der Waals surface area contributed by atoms with Crippen molar-refractivity contribution in [3.05, 3.63) is 11.1 Å². The summed E-state index contributed by atoms with van der Waals surface area (Å²) in [5.41, 5.74) is -3.61. The third-order valence-electron chi connectivity index (χ3n) is 6.96. The Kier molecular flexibility index (Phi) is 13.6. The monoisotopic (exact) mass is 756 g/mol. The molecular weight excluding hydrogens is 705 g/mol. The molecule has 1 aromatic heterocycles. The summed E-state index contributed by atoms with van der Waals surface area (Å²) in [6.07, 6.45) is -1.87. The fraction of sp³-hybridized carbons (Fsp3) is 0.719. The highest BCUT2D eigenvalue weighted by molar-refractivity contribution is 7.14. The topological polar surface area (TPSA) is 205 Å². The van der Waals surface area contributed by atoms with E-state index < -0.39 is 73.0 Å². The number of hydrogen-bond donors (Lipinski definition) is 3. The number of carbonyl (C=O) groups is 5. The van der Waals surface area contributed by atoms with Crippen LogP contribution in [0.15, 0.2) is 10.5 Å². The molecule has 0 unspecified atom stereocenters. The number of amides is 4. The van der Waals surface area contributed by atoms with Crippen molar-refractivity contribution in [1.82, 2.24) is 20.5 Å². The third kappa shape index (κ3) is 13.7. The molecule has 2 fully saturated rings. The summed E-state index contributed by atoms with van der Waals surface area (Å²) in [5, 5.41) is 13.3. The molecule has 51 heavy (non-hydrogen) atoms. The summed E-state index contributed by atoms with van der Waals surface area (Å²) >= 11 is 0.984. The van der Waals surface area contributed by atoms with Crippen LogP contribution in [0, 0.1) is 0 Å². The molecule has 2 aliphatic rings. The number of hydrogen-bond acceptors (Lipinski definition) is 14. The zero-order chi connectivity index (χ0) is 38.4. The Hall–Kier alpha value is -3.81. The number of esters is 1. The fourth-order valence-corrected chi connectivity index (χ4v) is 5.76. The first kappa shape index (κ1) is 41.6. The van der Waals surface area contributed by atoms with E-state index in [0.29, 0.717) is 6.61 Å². The molecule has 3 heterocycles. The second-order valence-electron chi connectivity index (χ2n) is 15.9. The maximum Gasteiger partial charge on any atom is 0.413 e. The van der Waals surface area contributed by atoms with Gasteiger partial charge >= 0.3 is 18.2 Å². The van der Waals surface area contributed by atoms with Crippen LogP contribution in [0.5, 0.6) is 0 Å². The molecule has 3 N–H and O–H groups in total. The predicted molar refractivity (Wildman–Crippen MR) is 190 cm³/mol. The van der Waals surface area contributed by atoms with Gasteiger partial charge in [-0.1, -0.05) is 24.8 Å². The first-order valence-electron chi connectivity index (χ1n) is 16.6. The van der Waals surface area contributed by atoms with Crippen LogP contribution in [0.3, 0.4) is 0 Å². The SMILES string of the molecule is CC(C)(C)OC(=O)Nc1nc(/C(=N\OC(C)(C)C(=O)OC(C)(C)C)C(=O)N[C@@H]2C(=O)N[C@@H]2CN2C[C@@H](COCOCC[Si](C)(C)C)OC2=O)cs1. The minimum atomic E-state index is -1.63. The maximum absolute atomic E-state index is 13.7. The first-order chi connectivity index (χ1) is 23.4. The largest absolute Gasteiger partial charge is 0.457 e. The molecule has 0 aliphatic carbocycles. The lowest BCUT2D eigenvalue weighted by Gasteiger charge is -2.38. The number of nitrogens with zero attached hydrogens (tertiary/aromatic N) is 3. The summed E-state index contributed by atoms with van der Waals surface area (Å²) in [5.74, 6) is -2.09. The molecule has 2 saturated heterocycles.